The minimum Gasteiger partial charge on any atom is -0.345 e. The lowest BCUT2D eigenvalue weighted by atomic mass is 10.1. The van der Waals surface area contributed by atoms with Crippen molar-refractivity contribution in [3.63, 3.8) is 0 Å². The van der Waals surface area contributed by atoms with Crippen LogP contribution in [0.1, 0.15) is 28.9 Å². The molecule has 116 valence electrons. The van der Waals surface area contributed by atoms with Crippen LogP contribution in [0.5, 0.6) is 0 Å². The second kappa shape index (κ2) is 6.58. The largest absolute Gasteiger partial charge is 0.345 e. The van der Waals surface area contributed by atoms with Gasteiger partial charge in [-0.1, -0.05) is 35.9 Å². The van der Waals surface area contributed by atoms with E-state index in [0.29, 0.717) is 16.3 Å². The molecule has 6 nitrogen and oxygen atoms in total. The highest BCUT2D eigenvalue weighted by Crippen LogP contribution is 2.19. The highest BCUT2D eigenvalue weighted by Gasteiger charge is 2.16. The van der Waals surface area contributed by atoms with Gasteiger partial charge in [-0.05, 0) is 47.2 Å². The Morgan fingerprint density at radius 2 is 2.04 bits per heavy atom. The molecule has 2 aromatic carbocycles. The molecule has 0 aliphatic rings. The minimum atomic E-state index is -0.205. The summed E-state index contributed by atoms with van der Waals surface area (Å²) >= 11 is 6.00. The van der Waals surface area contributed by atoms with Gasteiger partial charge in [-0.15, -0.1) is 5.10 Å². The van der Waals surface area contributed by atoms with Crippen LogP contribution in [-0.2, 0) is 0 Å². The summed E-state index contributed by atoms with van der Waals surface area (Å²) in [5.74, 6) is -0.205. The zero-order valence-electron chi connectivity index (χ0n) is 12.3. The first-order valence-corrected chi connectivity index (χ1v) is 7.41. The van der Waals surface area contributed by atoms with E-state index >= 15 is 0 Å². The van der Waals surface area contributed by atoms with Gasteiger partial charge in [-0.25, -0.2) is 0 Å². The van der Waals surface area contributed by atoms with Crippen molar-refractivity contribution in [2.45, 2.75) is 13.0 Å². The lowest BCUT2D eigenvalue weighted by Gasteiger charge is -2.16. The Morgan fingerprint density at radius 1 is 1.22 bits per heavy atom. The van der Waals surface area contributed by atoms with E-state index < -0.39 is 0 Å². The first-order chi connectivity index (χ1) is 11.1. The summed E-state index contributed by atoms with van der Waals surface area (Å²) in [6, 6.07) is 14.4. The number of carbonyl (C=O) groups is 1. The summed E-state index contributed by atoms with van der Waals surface area (Å²) in [5, 5.41) is 14.6. The summed E-state index contributed by atoms with van der Waals surface area (Å²) in [7, 11) is 0. The molecule has 1 heterocycles. The third-order valence-electron chi connectivity index (χ3n) is 3.44. The van der Waals surface area contributed by atoms with E-state index in [-0.39, 0.29) is 11.9 Å². The molecule has 3 rings (SSSR count). The van der Waals surface area contributed by atoms with Crippen LogP contribution in [0.25, 0.3) is 5.69 Å². The fraction of sp³-hybridized carbons (Fsp3) is 0.125. The van der Waals surface area contributed by atoms with Crippen molar-refractivity contribution in [1.29, 1.82) is 0 Å². The highest BCUT2D eigenvalue weighted by atomic mass is 35.5. The molecule has 0 spiro atoms. The topological polar surface area (TPSA) is 72.7 Å². The van der Waals surface area contributed by atoms with E-state index in [1.807, 2.05) is 31.2 Å². The lowest BCUT2D eigenvalue weighted by molar-refractivity contribution is 0.0939. The van der Waals surface area contributed by atoms with E-state index in [9.17, 15) is 4.79 Å². The molecule has 1 N–H and O–H groups in total. The maximum atomic E-state index is 12.6. The number of nitrogens with one attached hydrogen (secondary N) is 1. The number of hydrogen-bond donors (Lipinski definition) is 1. The quantitative estimate of drug-likeness (QED) is 0.799. The van der Waals surface area contributed by atoms with Gasteiger partial charge in [-0.2, -0.15) is 4.68 Å². The number of aromatic nitrogens is 4. The Balaban J connectivity index is 1.84. The molecule has 0 saturated carbocycles. The van der Waals surface area contributed by atoms with Gasteiger partial charge in [-0.3, -0.25) is 4.79 Å². The van der Waals surface area contributed by atoms with Crippen molar-refractivity contribution in [3.05, 3.63) is 71.0 Å². The molecule has 0 fully saturated rings. The smallest absolute Gasteiger partial charge is 0.253 e. The van der Waals surface area contributed by atoms with Crippen molar-refractivity contribution in [2.24, 2.45) is 0 Å². The Bertz CT molecular complexity index is 819. The van der Waals surface area contributed by atoms with Gasteiger partial charge in [0.1, 0.15) is 6.33 Å². The van der Waals surface area contributed by atoms with Gasteiger partial charge in [0, 0.05) is 5.02 Å². The van der Waals surface area contributed by atoms with Crippen LogP contribution in [0.15, 0.2) is 54.9 Å². The molecule has 1 amide bonds. The Labute approximate surface area is 138 Å². The molecule has 0 unspecified atom stereocenters. The van der Waals surface area contributed by atoms with E-state index in [1.165, 1.54) is 11.0 Å². The SMILES string of the molecule is C[C@@H](NC(=O)c1ccccc1-n1cnnn1)c1cccc(Cl)c1. The first-order valence-electron chi connectivity index (χ1n) is 7.04. The van der Waals surface area contributed by atoms with Crippen molar-refractivity contribution >= 4 is 17.5 Å². The third-order valence-corrected chi connectivity index (χ3v) is 3.68. The minimum absolute atomic E-state index is 0.178. The summed E-state index contributed by atoms with van der Waals surface area (Å²) in [6.07, 6.45) is 1.45. The maximum Gasteiger partial charge on any atom is 0.253 e. The van der Waals surface area contributed by atoms with Gasteiger partial charge >= 0.3 is 0 Å². The fourth-order valence-electron chi connectivity index (χ4n) is 2.27. The van der Waals surface area contributed by atoms with E-state index in [4.69, 9.17) is 11.6 Å². The van der Waals surface area contributed by atoms with Crippen LogP contribution < -0.4 is 5.32 Å². The highest BCUT2D eigenvalue weighted by molar-refractivity contribution is 6.30. The van der Waals surface area contributed by atoms with Crippen molar-refractivity contribution in [2.75, 3.05) is 0 Å². The number of para-hydroxylation sites is 1. The molecule has 1 atom stereocenters. The van der Waals surface area contributed by atoms with E-state index in [2.05, 4.69) is 20.8 Å². The number of nitrogens with zero attached hydrogens (tertiary/aromatic N) is 4. The number of benzene rings is 2. The van der Waals surface area contributed by atoms with Gasteiger partial charge in [0.15, 0.2) is 0 Å². The molecular formula is C16H14ClN5O. The van der Waals surface area contributed by atoms with Gasteiger partial charge in [0.2, 0.25) is 0 Å². The predicted molar refractivity (Wildman–Crippen MR) is 86.5 cm³/mol. The predicted octanol–water partition coefficient (Wildman–Crippen LogP) is 2.81. The third kappa shape index (κ3) is 3.37. The summed E-state index contributed by atoms with van der Waals surface area (Å²) in [4.78, 5) is 12.6. The monoisotopic (exact) mass is 327 g/mol. The molecule has 7 heteroatoms. The average molecular weight is 328 g/mol. The summed E-state index contributed by atoms with van der Waals surface area (Å²) in [6.45, 7) is 1.91. The lowest BCUT2D eigenvalue weighted by Crippen LogP contribution is -2.27. The Hall–Kier alpha value is -2.73. The van der Waals surface area contributed by atoms with Crippen molar-refractivity contribution in [1.82, 2.24) is 25.5 Å². The van der Waals surface area contributed by atoms with Gasteiger partial charge in [0.05, 0.1) is 17.3 Å². The molecule has 0 bridgehead atoms. The molecule has 0 saturated heterocycles. The fourth-order valence-corrected chi connectivity index (χ4v) is 2.47. The number of halogens is 1. The number of tetrazole rings is 1. The van der Waals surface area contributed by atoms with Gasteiger partial charge < -0.3 is 5.32 Å². The maximum absolute atomic E-state index is 12.6. The van der Waals surface area contributed by atoms with Crippen LogP contribution >= 0.6 is 11.6 Å². The van der Waals surface area contributed by atoms with E-state index in [1.54, 1.807) is 24.3 Å². The van der Waals surface area contributed by atoms with Crippen LogP contribution in [0.3, 0.4) is 0 Å². The van der Waals surface area contributed by atoms with Crippen LogP contribution in [0.2, 0.25) is 5.02 Å². The van der Waals surface area contributed by atoms with Crippen LogP contribution in [-0.4, -0.2) is 26.1 Å². The van der Waals surface area contributed by atoms with Crippen LogP contribution in [0.4, 0.5) is 0 Å². The van der Waals surface area contributed by atoms with E-state index in [0.717, 1.165) is 5.56 Å². The van der Waals surface area contributed by atoms with Crippen molar-refractivity contribution < 1.29 is 4.79 Å². The number of amides is 1. The first kappa shape index (κ1) is 15.2. The summed E-state index contributed by atoms with van der Waals surface area (Å²) < 4.78 is 1.46. The van der Waals surface area contributed by atoms with Crippen molar-refractivity contribution in [3.8, 4) is 5.69 Å². The molecule has 3 aromatic rings. The standard InChI is InChI=1S/C16H14ClN5O/c1-11(12-5-4-6-13(17)9-12)19-16(23)14-7-2-3-8-15(14)22-10-18-20-21-22/h2-11H,1H3,(H,19,23)/t11-/m1/s1. The number of hydrogen-bond acceptors (Lipinski definition) is 4. The second-order valence-electron chi connectivity index (χ2n) is 5.02. The normalized spacial score (nSPS) is 11.9. The summed E-state index contributed by atoms with van der Waals surface area (Å²) in [5.41, 5.74) is 2.05. The second-order valence-corrected chi connectivity index (χ2v) is 5.46. The average Bonchev–Trinajstić information content (AvgIpc) is 3.09. The zero-order chi connectivity index (χ0) is 16.2. The van der Waals surface area contributed by atoms with Gasteiger partial charge in [0.25, 0.3) is 5.91 Å². The number of rotatable bonds is 4. The molecular weight excluding hydrogens is 314 g/mol. The Kier molecular flexibility index (Phi) is 4.34. The number of carbonyl (C=O) groups excluding carboxylic acids is 1. The van der Waals surface area contributed by atoms with Crippen LogP contribution in [0, 0.1) is 0 Å². The zero-order valence-corrected chi connectivity index (χ0v) is 13.1. The molecule has 23 heavy (non-hydrogen) atoms. The molecule has 0 radical (unpaired) electrons. The Morgan fingerprint density at radius 3 is 2.78 bits per heavy atom. The molecule has 0 aliphatic carbocycles. The molecule has 1 aromatic heterocycles. The molecule has 0 aliphatic heterocycles.